The van der Waals surface area contributed by atoms with Crippen LogP contribution in [-0.2, 0) is 17.6 Å². The second-order valence-corrected chi connectivity index (χ2v) is 9.34. The van der Waals surface area contributed by atoms with E-state index in [2.05, 4.69) is 16.4 Å². The van der Waals surface area contributed by atoms with Gasteiger partial charge in [0, 0.05) is 33.8 Å². The number of anilines is 1. The molecule has 1 aromatic carbocycles. The second kappa shape index (κ2) is 9.61. The van der Waals surface area contributed by atoms with Crippen LogP contribution in [0.2, 0.25) is 5.02 Å². The number of hydrogen-bond donors (Lipinski definition) is 1. The number of pyridine rings is 1. The van der Waals surface area contributed by atoms with E-state index < -0.39 is 0 Å². The summed E-state index contributed by atoms with van der Waals surface area (Å²) in [6, 6.07) is 11.6. The van der Waals surface area contributed by atoms with E-state index in [-0.39, 0.29) is 5.91 Å². The van der Waals surface area contributed by atoms with Crippen molar-refractivity contribution in [3.05, 3.63) is 57.6 Å². The van der Waals surface area contributed by atoms with Crippen molar-refractivity contribution in [2.24, 2.45) is 0 Å². The van der Waals surface area contributed by atoms with Crippen LogP contribution < -0.4 is 5.32 Å². The molecule has 0 unspecified atom stereocenters. The second-order valence-electron chi connectivity index (χ2n) is 6.96. The standard InChI is InChI=1S/C22H19ClN4OS2/c23-17-7-5-14(6-8-17)19-13-30-22(26-19)27-20(28)9-10-29-21-16(12-24)11-15-3-1-2-4-18(15)25-21/h5-8,11,13H,1-4,9-10H2,(H,26,27,28). The van der Waals surface area contributed by atoms with Gasteiger partial charge in [0.25, 0.3) is 0 Å². The molecule has 0 fully saturated rings. The Morgan fingerprint density at radius 2 is 2.03 bits per heavy atom. The van der Waals surface area contributed by atoms with Crippen molar-refractivity contribution >= 4 is 45.7 Å². The van der Waals surface area contributed by atoms with E-state index in [9.17, 15) is 10.1 Å². The molecule has 0 bridgehead atoms. The Labute approximate surface area is 188 Å². The SMILES string of the molecule is N#Cc1cc2c(nc1SCCC(=O)Nc1nc(-c3ccc(Cl)cc3)cs1)CCCC2. The molecule has 152 valence electrons. The lowest BCUT2D eigenvalue weighted by Crippen LogP contribution is -2.12. The number of nitriles is 1. The normalized spacial score (nSPS) is 12.8. The Kier molecular flexibility index (Phi) is 6.68. The fraction of sp³-hybridized carbons (Fsp3) is 0.273. The van der Waals surface area contributed by atoms with E-state index in [1.807, 2.05) is 35.7 Å². The van der Waals surface area contributed by atoms with Gasteiger partial charge in [-0.1, -0.05) is 23.7 Å². The summed E-state index contributed by atoms with van der Waals surface area (Å²) in [5.41, 5.74) is 4.66. The Hall–Kier alpha value is -2.40. The van der Waals surface area contributed by atoms with Crippen molar-refractivity contribution in [2.45, 2.75) is 37.1 Å². The summed E-state index contributed by atoms with van der Waals surface area (Å²) in [6.07, 6.45) is 4.59. The van der Waals surface area contributed by atoms with Gasteiger partial charge < -0.3 is 5.32 Å². The van der Waals surface area contributed by atoms with Crippen molar-refractivity contribution in [3.63, 3.8) is 0 Å². The van der Waals surface area contributed by atoms with Crippen LogP contribution in [0.5, 0.6) is 0 Å². The minimum Gasteiger partial charge on any atom is -0.302 e. The number of nitrogens with one attached hydrogen (secondary N) is 1. The third-order valence-corrected chi connectivity index (χ3v) is 6.85. The lowest BCUT2D eigenvalue weighted by Gasteiger charge is -2.16. The fourth-order valence-electron chi connectivity index (χ4n) is 3.31. The molecule has 4 rings (SSSR count). The number of hydrogen-bond acceptors (Lipinski definition) is 6. The summed E-state index contributed by atoms with van der Waals surface area (Å²) in [4.78, 5) is 21.5. The number of benzene rings is 1. The highest BCUT2D eigenvalue weighted by molar-refractivity contribution is 7.99. The van der Waals surface area contributed by atoms with Gasteiger partial charge in [0.2, 0.25) is 5.91 Å². The van der Waals surface area contributed by atoms with E-state index in [1.165, 1.54) is 28.7 Å². The van der Waals surface area contributed by atoms with Crippen LogP contribution in [0.1, 0.15) is 36.1 Å². The molecule has 30 heavy (non-hydrogen) atoms. The number of rotatable bonds is 6. The van der Waals surface area contributed by atoms with Crippen LogP contribution in [0, 0.1) is 11.3 Å². The fourth-order valence-corrected chi connectivity index (χ4v) is 5.09. The molecule has 1 amide bonds. The highest BCUT2D eigenvalue weighted by Gasteiger charge is 2.16. The van der Waals surface area contributed by atoms with Gasteiger partial charge in [0.1, 0.15) is 11.1 Å². The first-order chi connectivity index (χ1) is 14.6. The number of carbonyl (C=O) groups is 1. The number of halogens is 1. The number of amides is 1. The molecule has 1 N–H and O–H groups in total. The zero-order valence-corrected chi connectivity index (χ0v) is 18.5. The number of carbonyl (C=O) groups excluding carboxylic acids is 1. The maximum atomic E-state index is 12.3. The third kappa shape index (κ3) is 5.01. The molecule has 0 saturated heterocycles. The average Bonchev–Trinajstić information content (AvgIpc) is 3.22. The van der Waals surface area contributed by atoms with Gasteiger partial charge in [0.15, 0.2) is 5.13 Å². The lowest BCUT2D eigenvalue weighted by atomic mass is 9.95. The summed E-state index contributed by atoms with van der Waals surface area (Å²) in [6.45, 7) is 0. The van der Waals surface area contributed by atoms with E-state index in [1.54, 1.807) is 0 Å². The van der Waals surface area contributed by atoms with Crippen LogP contribution in [0.25, 0.3) is 11.3 Å². The van der Waals surface area contributed by atoms with E-state index in [4.69, 9.17) is 16.6 Å². The predicted molar refractivity (Wildman–Crippen MR) is 122 cm³/mol. The predicted octanol–water partition coefficient (Wildman–Crippen LogP) is 5.73. The molecular weight excluding hydrogens is 436 g/mol. The summed E-state index contributed by atoms with van der Waals surface area (Å²) >= 11 is 8.77. The molecule has 1 aliphatic carbocycles. The van der Waals surface area contributed by atoms with Crippen molar-refractivity contribution in [1.29, 1.82) is 5.26 Å². The van der Waals surface area contributed by atoms with Crippen LogP contribution in [-0.4, -0.2) is 21.6 Å². The number of thioether (sulfide) groups is 1. The number of fused-ring (bicyclic) bond motifs is 1. The molecule has 5 nitrogen and oxygen atoms in total. The zero-order chi connectivity index (χ0) is 20.9. The summed E-state index contributed by atoms with van der Waals surface area (Å²) in [5.74, 6) is 0.456. The molecule has 3 aromatic rings. The summed E-state index contributed by atoms with van der Waals surface area (Å²) < 4.78 is 0. The summed E-state index contributed by atoms with van der Waals surface area (Å²) in [7, 11) is 0. The lowest BCUT2D eigenvalue weighted by molar-refractivity contribution is -0.115. The number of aromatic nitrogens is 2. The molecule has 8 heteroatoms. The molecule has 2 aromatic heterocycles. The third-order valence-electron chi connectivity index (χ3n) is 4.84. The Bertz CT molecular complexity index is 1110. The van der Waals surface area contributed by atoms with Crippen molar-refractivity contribution in [2.75, 3.05) is 11.1 Å². The quantitative estimate of drug-likeness (QED) is 0.481. The van der Waals surface area contributed by atoms with Gasteiger partial charge in [-0.05, 0) is 49.4 Å². The van der Waals surface area contributed by atoms with Gasteiger partial charge in [-0.15, -0.1) is 23.1 Å². The monoisotopic (exact) mass is 454 g/mol. The Balaban J connectivity index is 1.33. The first-order valence-electron chi connectivity index (χ1n) is 9.69. The Morgan fingerprint density at radius 1 is 1.23 bits per heavy atom. The van der Waals surface area contributed by atoms with Crippen LogP contribution >= 0.6 is 34.7 Å². The van der Waals surface area contributed by atoms with Gasteiger partial charge in [-0.3, -0.25) is 4.79 Å². The molecule has 0 aliphatic heterocycles. The first kappa shape index (κ1) is 20.9. The maximum Gasteiger partial charge on any atom is 0.226 e. The number of thiazole rings is 1. The summed E-state index contributed by atoms with van der Waals surface area (Å²) in [5, 5.41) is 16.2. The minimum atomic E-state index is -0.101. The van der Waals surface area contributed by atoms with Gasteiger partial charge in [-0.2, -0.15) is 5.26 Å². The van der Waals surface area contributed by atoms with Crippen molar-refractivity contribution < 1.29 is 4.79 Å². The van der Waals surface area contributed by atoms with Crippen LogP contribution in [0.15, 0.2) is 40.7 Å². The van der Waals surface area contributed by atoms with E-state index in [0.29, 0.717) is 27.9 Å². The first-order valence-corrected chi connectivity index (χ1v) is 11.9. The smallest absolute Gasteiger partial charge is 0.226 e. The molecule has 2 heterocycles. The molecule has 0 radical (unpaired) electrons. The van der Waals surface area contributed by atoms with Crippen LogP contribution in [0.4, 0.5) is 5.13 Å². The van der Waals surface area contributed by atoms with Crippen LogP contribution in [0.3, 0.4) is 0 Å². The molecule has 0 atom stereocenters. The average molecular weight is 455 g/mol. The topological polar surface area (TPSA) is 78.7 Å². The van der Waals surface area contributed by atoms with E-state index in [0.717, 1.165) is 47.7 Å². The minimum absolute atomic E-state index is 0.101. The Morgan fingerprint density at radius 3 is 2.83 bits per heavy atom. The van der Waals surface area contributed by atoms with E-state index >= 15 is 0 Å². The van der Waals surface area contributed by atoms with Crippen molar-refractivity contribution in [3.8, 4) is 17.3 Å². The van der Waals surface area contributed by atoms with Gasteiger partial charge in [0.05, 0.1) is 11.3 Å². The van der Waals surface area contributed by atoms with Crippen molar-refractivity contribution in [1.82, 2.24) is 9.97 Å². The highest BCUT2D eigenvalue weighted by Crippen LogP contribution is 2.28. The number of aryl methyl sites for hydroxylation is 2. The molecular formula is C22H19ClN4OS2. The zero-order valence-electron chi connectivity index (χ0n) is 16.2. The molecule has 0 spiro atoms. The number of nitrogens with zero attached hydrogens (tertiary/aromatic N) is 3. The highest BCUT2D eigenvalue weighted by atomic mass is 35.5. The van der Waals surface area contributed by atoms with Gasteiger partial charge in [-0.25, -0.2) is 9.97 Å². The molecule has 0 saturated carbocycles. The van der Waals surface area contributed by atoms with Gasteiger partial charge >= 0.3 is 0 Å². The molecule has 1 aliphatic rings. The maximum absolute atomic E-state index is 12.3. The largest absolute Gasteiger partial charge is 0.302 e.